The van der Waals surface area contributed by atoms with E-state index in [0.717, 1.165) is 11.3 Å². The molecule has 0 aliphatic rings. The fourth-order valence-electron chi connectivity index (χ4n) is 2.18. The van der Waals surface area contributed by atoms with Gasteiger partial charge in [0, 0.05) is 12.3 Å². The first-order valence-electron chi connectivity index (χ1n) is 6.75. The van der Waals surface area contributed by atoms with Gasteiger partial charge < -0.3 is 11.1 Å². The van der Waals surface area contributed by atoms with Gasteiger partial charge in [0.2, 0.25) is 5.95 Å². The van der Waals surface area contributed by atoms with Crippen molar-refractivity contribution in [1.82, 2.24) is 15.0 Å². The fraction of sp³-hybridized carbons (Fsp3) is 0.0625. The topological polar surface area (TPSA) is 76.7 Å². The number of halogens is 1. The molecule has 3 rings (SSSR count). The van der Waals surface area contributed by atoms with Gasteiger partial charge in [-0.1, -0.05) is 48.0 Å². The van der Waals surface area contributed by atoms with Gasteiger partial charge in [-0.25, -0.2) is 4.98 Å². The van der Waals surface area contributed by atoms with Gasteiger partial charge in [0.1, 0.15) is 11.0 Å². The molecule has 22 heavy (non-hydrogen) atoms. The number of nitrogens with one attached hydrogen (secondary N) is 1. The highest BCUT2D eigenvalue weighted by atomic mass is 35.5. The van der Waals surface area contributed by atoms with Crippen molar-refractivity contribution in [3.63, 3.8) is 0 Å². The second kappa shape index (κ2) is 6.41. The number of pyridine rings is 1. The minimum atomic E-state index is -0.159. The largest absolute Gasteiger partial charge is 0.368 e. The molecule has 0 radical (unpaired) electrons. The SMILES string of the molecule is Nc1nc(Cl)cc(N[C@H](c2ccccc2)c2ccccn2)n1. The van der Waals surface area contributed by atoms with Crippen molar-refractivity contribution in [2.24, 2.45) is 0 Å². The number of nitrogen functional groups attached to an aromatic ring is 1. The van der Waals surface area contributed by atoms with Gasteiger partial charge in [-0.15, -0.1) is 0 Å². The van der Waals surface area contributed by atoms with E-state index in [9.17, 15) is 0 Å². The van der Waals surface area contributed by atoms with Crippen LogP contribution in [0.4, 0.5) is 11.8 Å². The maximum absolute atomic E-state index is 5.94. The lowest BCUT2D eigenvalue weighted by Crippen LogP contribution is -2.15. The van der Waals surface area contributed by atoms with Gasteiger partial charge in [0.25, 0.3) is 0 Å². The molecular formula is C16H14ClN5. The highest BCUT2D eigenvalue weighted by molar-refractivity contribution is 6.29. The third kappa shape index (κ3) is 3.32. The van der Waals surface area contributed by atoms with Gasteiger partial charge in [-0.05, 0) is 17.7 Å². The van der Waals surface area contributed by atoms with Crippen molar-refractivity contribution in [2.45, 2.75) is 6.04 Å². The number of hydrogen-bond donors (Lipinski definition) is 2. The van der Waals surface area contributed by atoms with E-state index in [2.05, 4.69) is 20.3 Å². The molecule has 0 unspecified atom stereocenters. The summed E-state index contributed by atoms with van der Waals surface area (Å²) in [7, 11) is 0. The maximum Gasteiger partial charge on any atom is 0.223 e. The van der Waals surface area contributed by atoms with Gasteiger partial charge in [0.05, 0.1) is 11.7 Å². The summed E-state index contributed by atoms with van der Waals surface area (Å²) in [6, 6.07) is 17.2. The first kappa shape index (κ1) is 14.3. The fourth-order valence-corrected chi connectivity index (χ4v) is 2.37. The van der Waals surface area contributed by atoms with Gasteiger partial charge in [-0.2, -0.15) is 4.98 Å². The minimum Gasteiger partial charge on any atom is -0.368 e. The number of aromatic nitrogens is 3. The number of hydrogen-bond acceptors (Lipinski definition) is 5. The molecule has 2 heterocycles. The summed E-state index contributed by atoms with van der Waals surface area (Å²) < 4.78 is 0. The van der Waals surface area contributed by atoms with E-state index in [1.54, 1.807) is 12.3 Å². The molecule has 1 aromatic carbocycles. The van der Waals surface area contributed by atoms with Crippen LogP contribution < -0.4 is 11.1 Å². The average Bonchev–Trinajstić information content (AvgIpc) is 2.53. The number of nitrogens with zero attached hydrogens (tertiary/aromatic N) is 3. The van der Waals surface area contributed by atoms with Gasteiger partial charge in [0.15, 0.2) is 0 Å². The molecule has 0 aliphatic carbocycles. The monoisotopic (exact) mass is 311 g/mol. The van der Waals surface area contributed by atoms with Crippen LogP contribution in [0.2, 0.25) is 5.15 Å². The standard InChI is InChI=1S/C16H14ClN5/c17-13-10-14(22-16(18)20-13)21-15(11-6-2-1-3-7-11)12-8-4-5-9-19-12/h1-10,15H,(H3,18,20,21,22)/t15-/m1/s1. The van der Waals surface area contributed by atoms with Crippen LogP contribution >= 0.6 is 11.6 Å². The second-order valence-corrected chi connectivity index (χ2v) is 5.06. The molecule has 1 atom stereocenters. The van der Waals surface area contributed by atoms with Crippen molar-refractivity contribution < 1.29 is 0 Å². The van der Waals surface area contributed by atoms with Crippen molar-refractivity contribution >= 4 is 23.4 Å². The predicted octanol–water partition coefficient (Wildman–Crippen LogP) is 3.31. The summed E-state index contributed by atoms with van der Waals surface area (Å²) in [6.45, 7) is 0. The number of nitrogens with two attached hydrogens (primary N) is 1. The predicted molar refractivity (Wildman–Crippen MR) is 87.6 cm³/mol. The summed E-state index contributed by atoms with van der Waals surface area (Å²) >= 11 is 5.94. The molecule has 0 spiro atoms. The lowest BCUT2D eigenvalue weighted by molar-refractivity contribution is 0.877. The second-order valence-electron chi connectivity index (χ2n) is 4.68. The number of benzene rings is 1. The van der Waals surface area contributed by atoms with E-state index in [4.69, 9.17) is 17.3 Å². The highest BCUT2D eigenvalue weighted by Crippen LogP contribution is 2.25. The van der Waals surface area contributed by atoms with Crippen LogP contribution in [0.5, 0.6) is 0 Å². The average molecular weight is 312 g/mol. The lowest BCUT2D eigenvalue weighted by Gasteiger charge is -2.19. The quantitative estimate of drug-likeness (QED) is 0.723. The zero-order valence-electron chi connectivity index (χ0n) is 11.6. The minimum absolute atomic E-state index is 0.128. The van der Waals surface area contributed by atoms with Crippen LogP contribution in [-0.4, -0.2) is 15.0 Å². The van der Waals surface area contributed by atoms with Crippen LogP contribution in [0.1, 0.15) is 17.3 Å². The summed E-state index contributed by atoms with van der Waals surface area (Å²) in [4.78, 5) is 12.5. The Balaban J connectivity index is 1.99. The van der Waals surface area contributed by atoms with Crippen LogP contribution in [0.15, 0.2) is 60.8 Å². The van der Waals surface area contributed by atoms with E-state index in [-0.39, 0.29) is 12.0 Å². The van der Waals surface area contributed by atoms with E-state index in [0.29, 0.717) is 11.0 Å². The molecule has 3 N–H and O–H groups in total. The zero-order valence-corrected chi connectivity index (χ0v) is 12.4. The molecule has 0 fully saturated rings. The number of rotatable bonds is 4. The summed E-state index contributed by atoms with van der Waals surface area (Å²) in [5.41, 5.74) is 7.59. The molecule has 6 heteroatoms. The van der Waals surface area contributed by atoms with Gasteiger partial charge in [-0.3, -0.25) is 4.98 Å². The Morgan fingerprint density at radius 3 is 2.45 bits per heavy atom. The summed E-state index contributed by atoms with van der Waals surface area (Å²) in [6.07, 6.45) is 1.76. The Kier molecular flexibility index (Phi) is 4.16. The van der Waals surface area contributed by atoms with Crippen LogP contribution in [-0.2, 0) is 0 Å². The summed E-state index contributed by atoms with van der Waals surface area (Å²) in [5.74, 6) is 0.680. The van der Waals surface area contributed by atoms with Crippen molar-refractivity contribution in [3.05, 3.63) is 77.2 Å². The first-order valence-corrected chi connectivity index (χ1v) is 7.12. The molecule has 110 valence electrons. The molecule has 5 nitrogen and oxygen atoms in total. The van der Waals surface area contributed by atoms with Gasteiger partial charge >= 0.3 is 0 Å². The lowest BCUT2D eigenvalue weighted by atomic mass is 10.0. The normalized spacial score (nSPS) is 11.9. The third-order valence-corrected chi connectivity index (χ3v) is 3.31. The first-order chi connectivity index (χ1) is 10.7. The van der Waals surface area contributed by atoms with Crippen molar-refractivity contribution in [3.8, 4) is 0 Å². The third-order valence-electron chi connectivity index (χ3n) is 3.12. The molecule has 0 aliphatic heterocycles. The van der Waals surface area contributed by atoms with E-state index >= 15 is 0 Å². The van der Waals surface area contributed by atoms with Crippen molar-refractivity contribution in [1.29, 1.82) is 0 Å². The van der Waals surface area contributed by atoms with Crippen LogP contribution in [0.3, 0.4) is 0 Å². The Bertz CT molecular complexity index is 689. The molecule has 0 amide bonds. The van der Waals surface area contributed by atoms with Crippen molar-refractivity contribution in [2.75, 3.05) is 11.1 Å². The Morgan fingerprint density at radius 1 is 1.00 bits per heavy atom. The molecule has 0 saturated carbocycles. The summed E-state index contributed by atoms with van der Waals surface area (Å²) in [5, 5.41) is 3.61. The Morgan fingerprint density at radius 2 is 1.77 bits per heavy atom. The highest BCUT2D eigenvalue weighted by Gasteiger charge is 2.16. The van der Waals surface area contributed by atoms with Crippen LogP contribution in [0.25, 0.3) is 0 Å². The van der Waals surface area contributed by atoms with E-state index in [1.165, 1.54) is 0 Å². The zero-order chi connectivity index (χ0) is 15.4. The van der Waals surface area contributed by atoms with E-state index < -0.39 is 0 Å². The van der Waals surface area contributed by atoms with Crippen LogP contribution in [0, 0.1) is 0 Å². The van der Waals surface area contributed by atoms with E-state index in [1.807, 2.05) is 48.5 Å². The molecular weight excluding hydrogens is 298 g/mol. The Labute approximate surface area is 133 Å². The number of anilines is 2. The molecule has 2 aromatic heterocycles. The molecule has 0 bridgehead atoms. The Hall–Kier alpha value is -2.66. The smallest absolute Gasteiger partial charge is 0.223 e. The maximum atomic E-state index is 5.94. The molecule has 3 aromatic rings. The molecule has 0 saturated heterocycles.